The predicted molar refractivity (Wildman–Crippen MR) is 106 cm³/mol. The van der Waals surface area contributed by atoms with E-state index in [-0.39, 0.29) is 30.0 Å². The molecule has 1 aliphatic rings. The van der Waals surface area contributed by atoms with Gasteiger partial charge in [-0.25, -0.2) is 8.42 Å². The predicted octanol–water partition coefficient (Wildman–Crippen LogP) is 3.16. The highest BCUT2D eigenvalue weighted by Crippen LogP contribution is 2.32. The third-order valence-corrected chi connectivity index (χ3v) is 6.20. The fourth-order valence-electron chi connectivity index (χ4n) is 2.90. The molecule has 6 nitrogen and oxygen atoms in total. The van der Waals surface area contributed by atoms with Crippen molar-refractivity contribution in [1.82, 2.24) is 5.32 Å². The number of hydrogen-bond acceptors (Lipinski definition) is 5. The fourth-order valence-corrected chi connectivity index (χ4v) is 4.74. The zero-order valence-electron chi connectivity index (χ0n) is 14.9. The van der Waals surface area contributed by atoms with Crippen LogP contribution in [0.4, 0.5) is 5.69 Å². The number of anilines is 1. The maximum atomic E-state index is 12.1. The Morgan fingerprint density at radius 1 is 1.26 bits per heavy atom. The largest absolute Gasteiger partial charge is 0.455 e. The Morgan fingerprint density at radius 3 is 2.78 bits per heavy atom. The first-order valence-corrected chi connectivity index (χ1v) is 10.8. The van der Waals surface area contributed by atoms with Crippen LogP contribution in [0, 0.1) is 6.92 Å². The highest BCUT2D eigenvalue weighted by atomic mass is 35.5. The highest BCUT2D eigenvalue weighted by Gasteiger charge is 2.28. The standard InChI is InChI=1S/C19H21ClN2O4S/c1-13-3-2-4-16(9-13)26-18-6-5-14(20)10-17(18)21-11-19(23)22-15-7-8-27(24,25)12-15/h2-6,9-10,15,21H,7-8,11-12H2,1H3,(H,22,23)/t15-/m1/s1. The monoisotopic (exact) mass is 408 g/mol. The molecule has 3 rings (SSSR count). The lowest BCUT2D eigenvalue weighted by Crippen LogP contribution is -2.39. The number of nitrogens with one attached hydrogen (secondary N) is 2. The van der Waals surface area contributed by atoms with Crippen molar-refractivity contribution in [2.75, 3.05) is 23.4 Å². The summed E-state index contributed by atoms with van der Waals surface area (Å²) in [4.78, 5) is 12.1. The SMILES string of the molecule is Cc1cccc(Oc2ccc(Cl)cc2NCC(=O)N[C@@H]2CCS(=O)(=O)C2)c1. The lowest BCUT2D eigenvalue weighted by Gasteiger charge is -2.15. The summed E-state index contributed by atoms with van der Waals surface area (Å²) in [5.41, 5.74) is 1.65. The van der Waals surface area contributed by atoms with E-state index in [1.165, 1.54) is 0 Å². The average Bonchev–Trinajstić information content (AvgIpc) is 2.93. The van der Waals surface area contributed by atoms with Gasteiger partial charge in [-0.05, 0) is 49.2 Å². The molecule has 0 unspecified atom stereocenters. The number of ether oxygens (including phenoxy) is 1. The summed E-state index contributed by atoms with van der Waals surface area (Å²) >= 11 is 6.07. The maximum Gasteiger partial charge on any atom is 0.239 e. The Kier molecular flexibility index (Phi) is 5.92. The number of hydrogen-bond donors (Lipinski definition) is 2. The smallest absolute Gasteiger partial charge is 0.239 e. The molecular weight excluding hydrogens is 388 g/mol. The quantitative estimate of drug-likeness (QED) is 0.767. The van der Waals surface area contributed by atoms with Crippen LogP contribution in [0.25, 0.3) is 0 Å². The van der Waals surface area contributed by atoms with Gasteiger partial charge in [0.05, 0.1) is 23.7 Å². The van der Waals surface area contributed by atoms with Crippen LogP contribution in [0.3, 0.4) is 0 Å². The normalized spacial score (nSPS) is 18.1. The third-order valence-electron chi connectivity index (χ3n) is 4.20. The first-order valence-electron chi connectivity index (χ1n) is 8.58. The Labute approximate surface area is 163 Å². The van der Waals surface area contributed by atoms with Gasteiger partial charge in [0.1, 0.15) is 5.75 Å². The van der Waals surface area contributed by atoms with Crippen LogP contribution in [0.5, 0.6) is 11.5 Å². The van der Waals surface area contributed by atoms with E-state index < -0.39 is 9.84 Å². The number of carbonyl (C=O) groups is 1. The second-order valence-electron chi connectivity index (χ2n) is 6.58. The van der Waals surface area contributed by atoms with Crippen molar-refractivity contribution in [2.24, 2.45) is 0 Å². The van der Waals surface area contributed by atoms with Gasteiger partial charge >= 0.3 is 0 Å². The Hall–Kier alpha value is -2.25. The summed E-state index contributed by atoms with van der Waals surface area (Å²) in [5, 5.41) is 6.26. The van der Waals surface area contributed by atoms with Gasteiger partial charge in [-0.2, -0.15) is 0 Å². The van der Waals surface area contributed by atoms with Gasteiger partial charge in [0.25, 0.3) is 0 Å². The van der Waals surface area contributed by atoms with Crippen molar-refractivity contribution in [3.8, 4) is 11.5 Å². The Bertz CT molecular complexity index is 946. The lowest BCUT2D eigenvalue weighted by atomic mass is 10.2. The molecule has 0 bridgehead atoms. The first kappa shape index (κ1) is 19.5. The molecule has 2 N–H and O–H groups in total. The van der Waals surface area contributed by atoms with E-state index in [1.807, 2.05) is 31.2 Å². The molecule has 2 aromatic carbocycles. The van der Waals surface area contributed by atoms with Gasteiger partial charge in [0.2, 0.25) is 5.91 Å². The molecular formula is C19H21ClN2O4S. The topological polar surface area (TPSA) is 84.5 Å². The number of rotatable bonds is 6. The molecule has 0 radical (unpaired) electrons. The van der Waals surface area contributed by atoms with E-state index in [1.54, 1.807) is 18.2 Å². The van der Waals surface area contributed by atoms with E-state index in [0.717, 1.165) is 5.56 Å². The Balaban J connectivity index is 1.64. The molecule has 1 fully saturated rings. The highest BCUT2D eigenvalue weighted by molar-refractivity contribution is 7.91. The van der Waals surface area contributed by atoms with Crippen molar-refractivity contribution in [3.05, 3.63) is 53.1 Å². The molecule has 2 aromatic rings. The van der Waals surface area contributed by atoms with Crippen molar-refractivity contribution in [2.45, 2.75) is 19.4 Å². The molecule has 1 saturated heterocycles. The van der Waals surface area contributed by atoms with E-state index in [9.17, 15) is 13.2 Å². The van der Waals surface area contributed by atoms with Crippen LogP contribution >= 0.6 is 11.6 Å². The molecule has 1 atom stereocenters. The summed E-state index contributed by atoms with van der Waals surface area (Å²) in [6.07, 6.45) is 0.451. The molecule has 0 spiro atoms. The van der Waals surface area contributed by atoms with Crippen LogP contribution in [-0.2, 0) is 14.6 Å². The molecule has 0 aromatic heterocycles. The van der Waals surface area contributed by atoms with E-state index in [0.29, 0.717) is 28.6 Å². The molecule has 8 heteroatoms. The minimum atomic E-state index is -3.03. The van der Waals surface area contributed by atoms with Gasteiger partial charge < -0.3 is 15.4 Å². The Morgan fingerprint density at radius 2 is 2.07 bits per heavy atom. The molecule has 1 aliphatic heterocycles. The third kappa shape index (κ3) is 5.61. The summed E-state index contributed by atoms with van der Waals surface area (Å²) < 4.78 is 28.9. The summed E-state index contributed by atoms with van der Waals surface area (Å²) in [6.45, 7) is 1.96. The minimum Gasteiger partial charge on any atom is -0.455 e. The van der Waals surface area contributed by atoms with Crippen LogP contribution in [0.2, 0.25) is 5.02 Å². The number of halogens is 1. The molecule has 1 amide bonds. The second-order valence-corrected chi connectivity index (χ2v) is 9.25. The molecule has 0 aliphatic carbocycles. The number of sulfone groups is 1. The van der Waals surface area contributed by atoms with Crippen LogP contribution < -0.4 is 15.4 Å². The number of amides is 1. The van der Waals surface area contributed by atoms with E-state index in [2.05, 4.69) is 10.6 Å². The molecule has 144 valence electrons. The van der Waals surface area contributed by atoms with Crippen molar-refractivity contribution in [1.29, 1.82) is 0 Å². The van der Waals surface area contributed by atoms with Crippen LogP contribution in [0.1, 0.15) is 12.0 Å². The minimum absolute atomic E-state index is 0.00236. The van der Waals surface area contributed by atoms with E-state index in [4.69, 9.17) is 16.3 Å². The van der Waals surface area contributed by atoms with Gasteiger partial charge in [-0.3, -0.25) is 4.79 Å². The lowest BCUT2D eigenvalue weighted by molar-refractivity contribution is -0.119. The zero-order chi connectivity index (χ0) is 19.4. The number of benzene rings is 2. The molecule has 27 heavy (non-hydrogen) atoms. The van der Waals surface area contributed by atoms with Crippen molar-refractivity contribution < 1.29 is 17.9 Å². The molecule has 0 saturated carbocycles. The van der Waals surface area contributed by atoms with Gasteiger partial charge in [0.15, 0.2) is 15.6 Å². The summed E-state index contributed by atoms with van der Waals surface area (Å²) in [5.74, 6) is 1.06. The number of carbonyl (C=O) groups excluding carboxylic acids is 1. The maximum absolute atomic E-state index is 12.1. The fraction of sp³-hybridized carbons (Fsp3) is 0.316. The first-order chi connectivity index (χ1) is 12.8. The zero-order valence-corrected chi connectivity index (χ0v) is 16.4. The molecule has 1 heterocycles. The van der Waals surface area contributed by atoms with Gasteiger partial charge in [-0.15, -0.1) is 0 Å². The van der Waals surface area contributed by atoms with Gasteiger partial charge in [-0.1, -0.05) is 23.7 Å². The van der Waals surface area contributed by atoms with Crippen molar-refractivity contribution in [3.63, 3.8) is 0 Å². The van der Waals surface area contributed by atoms with Crippen LogP contribution in [-0.4, -0.2) is 38.4 Å². The van der Waals surface area contributed by atoms with Crippen LogP contribution in [0.15, 0.2) is 42.5 Å². The second kappa shape index (κ2) is 8.19. The summed E-state index contributed by atoms with van der Waals surface area (Å²) in [6, 6.07) is 12.4. The van der Waals surface area contributed by atoms with Gasteiger partial charge in [0, 0.05) is 11.1 Å². The van der Waals surface area contributed by atoms with E-state index >= 15 is 0 Å². The van der Waals surface area contributed by atoms with Crippen molar-refractivity contribution >= 4 is 33.0 Å². The summed E-state index contributed by atoms with van der Waals surface area (Å²) in [7, 11) is -3.03. The number of aryl methyl sites for hydroxylation is 1. The average molecular weight is 409 g/mol.